The molecule has 0 unspecified atom stereocenters. The number of rotatable bonds is 4. The number of fused-ring (bicyclic) bond motifs is 1. The van der Waals surface area contributed by atoms with Crippen molar-refractivity contribution in [2.75, 3.05) is 18.6 Å². The summed E-state index contributed by atoms with van der Waals surface area (Å²) in [7, 11) is 1.71. The lowest BCUT2D eigenvalue weighted by Gasteiger charge is -2.35. The maximum Gasteiger partial charge on any atom is 0.156 e. The average molecular weight is 387 g/mol. The highest BCUT2D eigenvalue weighted by Gasteiger charge is 2.31. The number of aromatic nitrogens is 2. The van der Waals surface area contributed by atoms with Gasteiger partial charge in [-0.25, -0.2) is 0 Å². The Kier molecular flexibility index (Phi) is 5.24. The molecule has 2 aliphatic rings. The van der Waals surface area contributed by atoms with E-state index < -0.39 is 0 Å². The molecule has 5 nitrogen and oxygen atoms in total. The predicted molar refractivity (Wildman–Crippen MR) is 108 cm³/mol. The molecule has 144 valence electrons. The van der Waals surface area contributed by atoms with Gasteiger partial charge in [0.15, 0.2) is 11.0 Å². The Bertz CT molecular complexity index is 841. The first kappa shape index (κ1) is 18.5. The molecular weight excluding hydrogens is 360 g/mol. The molecule has 1 aromatic carbocycles. The first-order valence-electron chi connectivity index (χ1n) is 9.73. The number of piperidine rings is 1. The van der Waals surface area contributed by atoms with Gasteiger partial charge in [-0.15, -0.1) is 10.2 Å². The van der Waals surface area contributed by atoms with Crippen LogP contribution in [0.15, 0.2) is 18.2 Å². The zero-order chi connectivity index (χ0) is 19.0. The smallest absolute Gasteiger partial charge is 0.156 e. The summed E-state index contributed by atoms with van der Waals surface area (Å²) in [6.45, 7) is 8.03. The molecule has 6 heteroatoms. The summed E-state index contributed by atoms with van der Waals surface area (Å²) >= 11 is 6.43. The average Bonchev–Trinajstić information content (AvgIpc) is 3.09. The van der Waals surface area contributed by atoms with Crippen molar-refractivity contribution < 1.29 is 4.74 Å². The minimum Gasteiger partial charge on any atom is -0.497 e. The number of anilines is 1. The Morgan fingerprint density at radius 2 is 2.00 bits per heavy atom. The van der Waals surface area contributed by atoms with Crippen LogP contribution >= 0.6 is 11.6 Å². The largest absolute Gasteiger partial charge is 0.497 e. The third-order valence-electron chi connectivity index (χ3n) is 5.90. The summed E-state index contributed by atoms with van der Waals surface area (Å²) < 4.78 is 5.40. The molecule has 3 heterocycles. The van der Waals surface area contributed by atoms with Crippen LogP contribution in [0.5, 0.6) is 5.75 Å². The molecular formula is C21H27ClN4O. The number of aryl methyl sites for hydroxylation is 1. The van der Waals surface area contributed by atoms with Crippen LogP contribution in [0.2, 0.25) is 5.15 Å². The molecule has 1 aromatic heterocycles. The molecule has 1 fully saturated rings. The van der Waals surface area contributed by atoms with Crippen LogP contribution in [0, 0.1) is 6.92 Å². The van der Waals surface area contributed by atoms with Crippen LogP contribution in [0.4, 0.5) is 5.82 Å². The second kappa shape index (κ2) is 7.64. The first-order chi connectivity index (χ1) is 13.1. The molecule has 1 atom stereocenters. The van der Waals surface area contributed by atoms with Crippen molar-refractivity contribution in [3.63, 3.8) is 0 Å². The van der Waals surface area contributed by atoms with Gasteiger partial charge in [0.1, 0.15) is 5.75 Å². The van der Waals surface area contributed by atoms with Gasteiger partial charge in [0.05, 0.1) is 7.11 Å². The van der Waals surface area contributed by atoms with E-state index in [0.717, 1.165) is 43.3 Å². The van der Waals surface area contributed by atoms with E-state index in [2.05, 4.69) is 46.0 Å². The number of methoxy groups -OCH3 is 1. The van der Waals surface area contributed by atoms with Crippen molar-refractivity contribution in [3.05, 3.63) is 45.6 Å². The molecule has 2 aromatic rings. The zero-order valence-electron chi connectivity index (χ0n) is 16.3. The van der Waals surface area contributed by atoms with Crippen molar-refractivity contribution in [2.24, 2.45) is 0 Å². The maximum atomic E-state index is 6.43. The van der Waals surface area contributed by atoms with E-state index in [4.69, 9.17) is 16.3 Å². The van der Waals surface area contributed by atoms with Crippen LogP contribution < -0.4 is 9.64 Å². The summed E-state index contributed by atoms with van der Waals surface area (Å²) in [6, 6.07) is 6.77. The predicted octanol–water partition coefficient (Wildman–Crippen LogP) is 4.34. The van der Waals surface area contributed by atoms with Crippen LogP contribution in [0.25, 0.3) is 0 Å². The fourth-order valence-electron chi connectivity index (χ4n) is 4.24. The molecule has 4 rings (SSSR count). The number of hydrogen-bond donors (Lipinski definition) is 0. The molecule has 1 saturated heterocycles. The van der Waals surface area contributed by atoms with Crippen LogP contribution in [0.3, 0.4) is 0 Å². The monoisotopic (exact) mass is 386 g/mol. The lowest BCUT2D eigenvalue weighted by atomic mass is 10.0. The fraction of sp³-hybridized carbons (Fsp3) is 0.524. The van der Waals surface area contributed by atoms with Crippen molar-refractivity contribution in [3.8, 4) is 5.75 Å². The van der Waals surface area contributed by atoms with Gasteiger partial charge in [-0.3, -0.25) is 4.90 Å². The zero-order valence-corrected chi connectivity index (χ0v) is 17.1. The first-order valence-corrected chi connectivity index (χ1v) is 10.1. The SMILES string of the molecule is COc1ccc(C)c(CN2Cc3c(Cl)nnc(N4CCCC[C@@H]4C)c3C2)c1. The summed E-state index contributed by atoms with van der Waals surface area (Å²) in [6.07, 6.45) is 3.73. The second-order valence-electron chi connectivity index (χ2n) is 7.75. The maximum absolute atomic E-state index is 6.43. The topological polar surface area (TPSA) is 41.5 Å². The van der Waals surface area contributed by atoms with E-state index in [1.165, 1.54) is 36.0 Å². The normalized spacial score (nSPS) is 20.0. The number of hydrogen-bond acceptors (Lipinski definition) is 5. The van der Waals surface area contributed by atoms with E-state index in [1.54, 1.807) is 7.11 Å². The Labute approximate surface area is 166 Å². The molecule has 0 amide bonds. The molecule has 0 N–H and O–H groups in total. The Morgan fingerprint density at radius 1 is 1.19 bits per heavy atom. The number of halogens is 1. The van der Waals surface area contributed by atoms with Gasteiger partial charge in [-0.05, 0) is 56.4 Å². The lowest BCUT2D eigenvalue weighted by molar-refractivity contribution is 0.274. The number of benzene rings is 1. The van der Waals surface area contributed by atoms with E-state index in [1.807, 2.05) is 6.07 Å². The second-order valence-corrected chi connectivity index (χ2v) is 8.11. The van der Waals surface area contributed by atoms with Crippen LogP contribution in [-0.4, -0.2) is 34.8 Å². The van der Waals surface area contributed by atoms with Gasteiger partial charge in [0.25, 0.3) is 0 Å². The highest BCUT2D eigenvalue weighted by Crippen LogP contribution is 2.36. The molecule has 0 saturated carbocycles. The molecule has 2 aliphatic heterocycles. The quantitative estimate of drug-likeness (QED) is 0.781. The summed E-state index contributed by atoms with van der Waals surface area (Å²) in [5.74, 6) is 1.93. The molecule has 0 bridgehead atoms. The van der Waals surface area contributed by atoms with E-state index >= 15 is 0 Å². The van der Waals surface area contributed by atoms with Crippen molar-refractivity contribution >= 4 is 17.4 Å². The van der Waals surface area contributed by atoms with E-state index in [0.29, 0.717) is 11.2 Å². The Balaban J connectivity index is 1.59. The number of ether oxygens (including phenoxy) is 1. The molecule has 27 heavy (non-hydrogen) atoms. The standard InChI is InChI=1S/C21H27ClN4O/c1-14-7-8-17(27-3)10-16(14)11-25-12-18-19(13-25)21(24-23-20(18)22)26-9-5-4-6-15(26)2/h7-8,10,15H,4-6,9,11-13H2,1-3H3/t15-/m0/s1. The van der Waals surface area contributed by atoms with Crippen LogP contribution in [-0.2, 0) is 19.6 Å². The van der Waals surface area contributed by atoms with Gasteiger partial charge in [0, 0.05) is 43.3 Å². The van der Waals surface area contributed by atoms with Gasteiger partial charge >= 0.3 is 0 Å². The van der Waals surface area contributed by atoms with Gasteiger partial charge < -0.3 is 9.64 Å². The molecule has 0 spiro atoms. The van der Waals surface area contributed by atoms with Gasteiger partial charge in [0.2, 0.25) is 0 Å². The summed E-state index contributed by atoms with van der Waals surface area (Å²) in [5.41, 5.74) is 4.95. The van der Waals surface area contributed by atoms with Crippen LogP contribution in [0.1, 0.15) is 48.4 Å². The minimum atomic E-state index is 0.507. The van der Waals surface area contributed by atoms with Crippen molar-refractivity contribution in [2.45, 2.75) is 58.8 Å². The molecule has 0 radical (unpaired) electrons. The lowest BCUT2D eigenvalue weighted by Crippen LogP contribution is -2.39. The van der Waals surface area contributed by atoms with E-state index in [9.17, 15) is 0 Å². The van der Waals surface area contributed by atoms with Gasteiger partial charge in [-0.2, -0.15) is 0 Å². The van der Waals surface area contributed by atoms with Crippen molar-refractivity contribution in [1.29, 1.82) is 0 Å². The Morgan fingerprint density at radius 3 is 2.78 bits per heavy atom. The molecule has 0 aliphatic carbocycles. The summed E-state index contributed by atoms with van der Waals surface area (Å²) in [5, 5.41) is 9.33. The Hall–Kier alpha value is -1.85. The highest BCUT2D eigenvalue weighted by molar-refractivity contribution is 6.30. The van der Waals surface area contributed by atoms with E-state index in [-0.39, 0.29) is 0 Å². The van der Waals surface area contributed by atoms with Crippen molar-refractivity contribution in [1.82, 2.24) is 15.1 Å². The van der Waals surface area contributed by atoms with Gasteiger partial charge in [-0.1, -0.05) is 17.7 Å². The fourth-order valence-corrected chi connectivity index (χ4v) is 4.45. The third-order valence-corrected chi connectivity index (χ3v) is 6.21. The third kappa shape index (κ3) is 3.63. The number of nitrogens with zero attached hydrogens (tertiary/aromatic N) is 4. The minimum absolute atomic E-state index is 0.507. The summed E-state index contributed by atoms with van der Waals surface area (Å²) in [4.78, 5) is 4.84. The highest BCUT2D eigenvalue weighted by atomic mass is 35.5.